The number of carboxylic acid groups (broad SMARTS) is 1. The molecule has 0 aromatic carbocycles. The summed E-state index contributed by atoms with van der Waals surface area (Å²) in [4.78, 5) is 25.9. The van der Waals surface area contributed by atoms with Crippen molar-refractivity contribution in [3.05, 3.63) is 11.6 Å². The Morgan fingerprint density at radius 1 is 0.943 bits per heavy atom. The number of hydrogen-bond donors (Lipinski definition) is 3. The molecule has 0 aliphatic heterocycles. The van der Waals surface area contributed by atoms with E-state index in [1.54, 1.807) is 0 Å². The number of carboxylic acids is 1. The van der Waals surface area contributed by atoms with Crippen molar-refractivity contribution in [1.82, 2.24) is 0 Å². The van der Waals surface area contributed by atoms with Crippen LogP contribution in [0.15, 0.2) is 11.6 Å². The molecule has 5 rings (SSSR count). The molecule has 0 spiro atoms. The summed E-state index contributed by atoms with van der Waals surface area (Å²) in [6.07, 6.45) is 8.49. The summed E-state index contributed by atoms with van der Waals surface area (Å²) in [5.41, 5.74) is -0.673. The first-order valence-corrected chi connectivity index (χ1v) is 13.9. The Morgan fingerprint density at radius 2 is 1.60 bits per heavy atom. The maximum Gasteiger partial charge on any atom is 0.310 e. The van der Waals surface area contributed by atoms with Crippen LogP contribution in [0, 0.1) is 56.7 Å². The number of aliphatic hydroxyl groups is 2. The second-order valence-electron chi connectivity index (χ2n) is 14.7. The van der Waals surface area contributed by atoms with Gasteiger partial charge in [0.2, 0.25) is 5.79 Å². The van der Waals surface area contributed by atoms with E-state index in [1.165, 1.54) is 5.57 Å². The minimum Gasteiger partial charge on any atom is -0.481 e. The van der Waals surface area contributed by atoms with E-state index in [0.29, 0.717) is 18.3 Å². The molecular weight excluding hydrogens is 440 g/mol. The lowest BCUT2D eigenvalue weighted by molar-refractivity contribution is -0.258. The molecule has 5 aliphatic rings. The topological polar surface area (TPSA) is 94.8 Å². The Bertz CT molecular complexity index is 995. The predicted octanol–water partition coefficient (Wildman–Crippen LogP) is 5.59. The van der Waals surface area contributed by atoms with Gasteiger partial charge in [-0.05, 0) is 90.8 Å². The monoisotopic (exact) mass is 486 g/mol. The minimum atomic E-state index is -2.30. The highest BCUT2D eigenvalue weighted by atomic mass is 16.5. The van der Waals surface area contributed by atoms with Gasteiger partial charge in [-0.25, -0.2) is 0 Å². The van der Waals surface area contributed by atoms with Crippen LogP contribution in [-0.2, 0) is 9.59 Å². The molecule has 4 saturated carbocycles. The quantitative estimate of drug-likeness (QED) is 0.332. The maximum absolute atomic E-state index is 13.1. The van der Waals surface area contributed by atoms with Gasteiger partial charge in [-0.1, -0.05) is 60.1 Å². The lowest BCUT2D eigenvalue weighted by Crippen LogP contribution is -2.69. The molecular formula is C30H46O5. The van der Waals surface area contributed by atoms with Gasteiger partial charge in [-0.2, -0.15) is 0 Å². The Hall–Kier alpha value is -1.20. The lowest BCUT2D eigenvalue weighted by Gasteiger charge is -2.71. The number of fused-ring (bicyclic) bond motifs is 7. The molecule has 4 fully saturated rings. The van der Waals surface area contributed by atoms with Gasteiger partial charge in [0.05, 0.1) is 5.41 Å². The summed E-state index contributed by atoms with van der Waals surface area (Å²) in [5, 5.41) is 32.3. The van der Waals surface area contributed by atoms with Crippen molar-refractivity contribution in [2.45, 2.75) is 106 Å². The SMILES string of the molecule is C[C@H]1[C@H](C)CC[C@]2(C(=O)O)CC[C@]3(C)C(=CC[C@@H]4[C@@]5(C)CC(O)(O)C(=O)C(C)(C)C5CC[C@]43C)[C@H]12. The van der Waals surface area contributed by atoms with E-state index in [-0.39, 0.29) is 40.4 Å². The molecule has 0 bridgehead atoms. The molecule has 0 radical (unpaired) electrons. The molecule has 5 aliphatic carbocycles. The van der Waals surface area contributed by atoms with Gasteiger partial charge in [0.15, 0.2) is 5.78 Å². The highest BCUT2D eigenvalue weighted by Gasteiger charge is 2.72. The number of rotatable bonds is 1. The Balaban J connectivity index is 1.64. The molecule has 5 heteroatoms. The number of aliphatic carboxylic acids is 1. The number of carbonyl (C=O) groups excluding carboxylic acids is 1. The van der Waals surface area contributed by atoms with Crippen LogP contribution in [0.25, 0.3) is 0 Å². The second kappa shape index (κ2) is 7.22. The van der Waals surface area contributed by atoms with Crippen LogP contribution in [0.5, 0.6) is 0 Å². The highest BCUT2D eigenvalue weighted by Crippen LogP contribution is 2.75. The number of hydrogen-bond acceptors (Lipinski definition) is 4. The van der Waals surface area contributed by atoms with Crippen LogP contribution in [0.4, 0.5) is 0 Å². The third kappa shape index (κ3) is 2.89. The molecule has 0 heterocycles. The molecule has 9 atom stereocenters. The Morgan fingerprint density at radius 3 is 2.23 bits per heavy atom. The maximum atomic E-state index is 13.1. The van der Waals surface area contributed by atoms with Crippen molar-refractivity contribution >= 4 is 11.8 Å². The number of carbonyl (C=O) groups is 2. The molecule has 0 saturated heterocycles. The van der Waals surface area contributed by atoms with E-state index >= 15 is 0 Å². The summed E-state index contributed by atoms with van der Waals surface area (Å²) >= 11 is 0. The van der Waals surface area contributed by atoms with Crippen LogP contribution in [0.2, 0.25) is 0 Å². The first-order valence-electron chi connectivity index (χ1n) is 13.9. The third-order valence-electron chi connectivity index (χ3n) is 13.1. The van der Waals surface area contributed by atoms with Crippen LogP contribution < -0.4 is 0 Å². The van der Waals surface area contributed by atoms with Gasteiger partial charge in [0, 0.05) is 11.8 Å². The van der Waals surface area contributed by atoms with E-state index in [9.17, 15) is 24.9 Å². The Labute approximate surface area is 210 Å². The molecule has 3 N–H and O–H groups in total. The minimum absolute atomic E-state index is 0.0601. The van der Waals surface area contributed by atoms with E-state index in [0.717, 1.165) is 38.5 Å². The molecule has 0 amide bonds. The van der Waals surface area contributed by atoms with Crippen molar-refractivity contribution in [2.75, 3.05) is 0 Å². The normalized spacial score (nSPS) is 52.3. The van der Waals surface area contributed by atoms with Gasteiger partial charge < -0.3 is 15.3 Å². The van der Waals surface area contributed by atoms with Crippen molar-refractivity contribution in [3.8, 4) is 0 Å². The van der Waals surface area contributed by atoms with Gasteiger partial charge >= 0.3 is 5.97 Å². The fourth-order valence-corrected chi connectivity index (χ4v) is 10.9. The van der Waals surface area contributed by atoms with Crippen molar-refractivity contribution < 1.29 is 24.9 Å². The van der Waals surface area contributed by atoms with Crippen molar-refractivity contribution in [2.24, 2.45) is 56.7 Å². The third-order valence-corrected chi connectivity index (χ3v) is 13.1. The first-order chi connectivity index (χ1) is 16.0. The standard InChI is InChI=1S/C30H46O5/c1-17-10-13-29(24(32)33)15-14-27(6)19(22(29)18(17)2)8-9-21-26(5)16-30(34,35)23(31)25(3,4)20(26)11-12-28(21,27)7/h8,17-18,20-22,34-35H,9-16H2,1-7H3,(H,32,33)/t17-,18+,20?,21-,22+,26+,27-,28-,29+/m1/s1. The zero-order valence-corrected chi connectivity index (χ0v) is 22.8. The molecule has 1 unspecified atom stereocenters. The first kappa shape index (κ1) is 25.4. The van der Waals surface area contributed by atoms with Gasteiger partial charge in [-0.3, -0.25) is 9.59 Å². The molecule has 0 aromatic heterocycles. The van der Waals surface area contributed by atoms with Gasteiger partial charge in [-0.15, -0.1) is 0 Å². The van der Waals surface area contributed by atoms with E-state index in [4.69, 9.17) is 0 Å². The zero-order chi connectivity index (χ0) is 26.0. The van der Waals surface area contributed by atoms with E-state index < -0.39 is 28.4 Å². The summed E-state index contributed by atoms with van der Waals surface area (Å²) in [6.45, 7) is 15.3. The van der Waals surface area contributed by atoms with E-state index in [2.05, 4.69) is 40.7 Å². The summed E-state index contributed by atoms with van der Waals surface area (Å²) in [5.74, 6) is -2.16. The highest BCUT2D eigenvalue weighted by molar-refractivity contribution is 5.91. The average Bonchev–Trinajstić information content (AvgIpc) is 2.74. The second-order valence-corrected chi connectivity index (χ2v) is 14.7. The fraction of sp³-hybridized carbons (Fsp3) is 0.867. The zero-order valence-electron chi connectivity index (χ0n) is 22.8. The number of ketones is 1. The largest absolute Gasteiger partial charge is 0.481 e. The van der Waals surface area contributed by atoms with Crippen LogP contribution in [0.3, 0.4) is 0 Å². The van der Waals surface area contributed by atoms with Gasteiger partial charge in [0.1, 0.15) is 0 Å². The average molecular weight is 487 g/mol. The lowest BCUT2D eigenvalue weighted by atomic mass is 9.33. The molecule has 5 nitrogen and oxygen atoms in total. The molecule has 35 heavy (non-hydrogen) atoms. The smallest absolute Gasteiger partial charge is 0.310 e. The fourth-order valence-electron chi connectivity index (χ4n) is 10.9. The summed E-state index contributed by atoms with van der Waals surface area (Å²) in [7, 11) is 0. The predicted molar refractivity (Wildman–Crippen MR) is 134 cm³/mol. The van der Waals surface area contributed by atoms with Crippen LogP contribution >= 0.6 is 0 Å². The van der Waals surface area contributed by atoms with Crippen molar-refractivity contribution in [3.63, 3.8) is 0 Å². The summed E-state index contributed by atoms with van der Waals surface area (Å²) in [6, 6.07) is 0. The van der Waals surface area contributed by atoms with Crippen molar-refractivity contribution in [1.29, 1.82) is 0 Å². The Kier molecular flexibility index (Phi) is 5.25. The van der Waals surface area contributed by atoms with Gasteiger partial charge in [0.25, 0.3) is 0 Å². The summed E-state index contributed by atoms with van der Waals surface area (Å²) < 4.78 is 0. The number of Topliss-reactive ketones (excluding diaryl/α,β-unsaturated/α-hetero) is 1. The van der Waals surface area contributed by atoms with Crippen LogP contribution in [0.1, 0.15) is 99.8 Å². The van der Waals surface area contributed by atoms with Crippen LogP contribution in [-0.4, -0.2) is 32.9 Å². The van der Waals surface area contributed by atoms with E-state index in [1.807, 2.05) is 13.8 Å². The molecule has 0 aromatic rings. The molecule has 196 valence electrons. The number of allylic oxidation sites excluding steroid dienone is 2.